The van der Waals surface area contributed by atoms with Crippen LogP contribution in [0.1, 0.15) is 15.4 Å². The van der Waals surface area contributed by atoms with E-state index >= 15 is 0 Å². The number of nitrogens with zero attached hydrogens (tertiary/aromatic N) is 2. The van der Waals surface area contributed by atoms with E-state index in [9.17, 15) is 9.18 Å². The van der Waals surface area contributed by atoms with Crippen LogP contribution in [0.15, 0.2) is 48.7 Å². The number of anilines is 2. The van der Waals surface area contributed by atoms with Crippen LogP contribution in [0.5, 0.6) is 0 Å². The summed E-state index contributed by atoms with van der Waals surface area (Å²) in [5.41, 5.74) is 9.20. The Morgan fingerprint density at radius 1 is 1.14 bits per heavy atom. The van der Waals surface area contributed by atoms with Crippen molar-refractivity contribution in [2.24, 2.45) is 0 Å². The van der Waals surface area contributed by atoms with Crippen molar-refractivity contribution in [2.45, 2.75) is 6.42 Å². The molecule has 0 unspecified atom stereocenters. The number of piperazine rings is 1. The predicted molar refractivity (Wildman–Crippen MR) is 111 cm³/mol. The molecule has 1 fully saturated rings. The van der Waals surface area contributed by atoms with E-state index in [1.54, 1.807) is 24.4 Å². The van der Waals surface area contributed by atoms with E-state index in [0.717, 1.165) is 47.9 Å². The first-order chi connectivity index (χ1) is 13.6. The van der Waals surface area contributed by atoms with Crippen LogP contribution in [0.25, 0.3) is 11.1 Å². The lowest BCUT2D eigenvalue weighted by atomic mass is 9.99. The molecular weight excluding hydrogens is 375 g/mol. The Kier molecular flexibility index (Phi) is 5.36. The number of nitrogens with two attached hydrogens (primary N) is 1. The number of thiazole rings is 1. The number of halogens is 1. The van der Waals surface area contributed by atoms with E-state index < -0.39 is 0 Å². The van der Waals surface area contributed by atoms with Crippen molar-refractivity contribution >= 4 is 27.8 Å². The first-order valence-electron chi connectivity index (χ1n) is 9.19. The van der Waals surface area contributed by atoms with Crippen LogP contribution in [0.2, 0.25) is 0 Å². The molecule has 144 valence electrons. The molecule has 0 saturated carbocycles. The fourth-order valence-electron chi connectivity index (χ4n) is 3.26. The monoisotopic (exact) mass is 396 g/mol. The molecule has 1 saturated heterocycles. The largest absolute Gasteiger partial charge is 0.398 e. The third-order valence-corrected chi connectivity index (χ3v) is 5.93. The zero-order chi connectivity index (χ0) is 19.5. The number of ketones is 1. The van der Waals surface area contributed by atoms with Gasteiger partial charge in [-0.15, -0.1) is 0 Å². The van der Waals surface area contributed by atoms with Crippen LogP contribution < -0.4 is 16.0 Å². The summed E-state index contributed by atoms with van der Waals surface area (Å²) in [5, 5.41) is 4.84. The Morgan fingerprint density at radius 2 is 1.86 bits per heavy atom. The Morgan fingerprint density at radius 3 is 2.61 bits per heavy atom. The smallest absolute Gasteiger partial charge is 0.195 e. The van der Waals surface area contributed by atoms with Crippen molar-refractivity contribution in [3.63, 3.8) is 0 Å². The number of hydrogen-bond acceptors (Lipinski definition) is 6. The summed E-state index contributed by atoms with van der Waals surface area (Å²) in [4.78, 5) is 19.3. The number of hydrogen-bond donors (Lipinski definition) is 2. The van der Waals surface area contributed by atoms with Crippen molar-refractivity contribution < 1.29 is 9.18 Å². The van der Waals surface area contributed by atoms with Gasteiger partial charge in [0.15, 0.2) is 10.8 Å². The topological polar surface area (TPSA) is 71.2 Å². The molecule has 2 aromatic carbocycles. The SMILES string of the molecule is Nc1ccc(-c2ccc(F)cc2)cc1CC(=O)c1ncc(N2CCNCC2)s1. The van der Waals surface area contributed by atoms with Crippen LogP contribution in [-0.2, 0) is 6.42 Å². The van der Waals surface area contributed by atoms with Crippen molar-refractivity contribution in [1.29, 1.82) is 0 Å². The number of nitrogen functional groups attached to an aromatic ring is 1. The minimum absolute atomic E-state index is 0.0469. The minimum Gasteiger partial charge on any atom is -0.398 e. The maximum Gasteiger partial charge on any atom is 0.195 e. The zero-order valence-electron chi connectivity index (χ0n) is 15.3. The molecule has 5 nitrogen and oxygen atoms in total. The molecule has 1 aromatic heterocycles. The standard InChI is InChI=1S/C21H21FN4OS/c22-17-4-1-14(2-5-17)15-3-6-18(23)16(11-15)12-19(27)21-25-13-20(28-21)26-9-7-24-8-10-26/h1-6,11,13,24H,7-10,12,23H2. The molecule has 3 aromatic rings. The van der Waals surface area contributed by atoms with Gasteiger partial charge in [0.25, 0.3) is 0 Å². The number of carbonyl (C=O) groups excluding carboxylic acids is 1. The van der Waals surface area contributed by atoms with Crippen molar-refractivity contribution in [2.75, 3.05) is 36.8 Å². The molecule has 0 spiro atoms. The van der Waals surface area contributed by atoms with E-state index in [4.69, 9.17) is 5.73 Å². The molecule has 0 radical (unpaired) electrons. The third kappa shape index (κ3) is 4.05. The Balaban J connectivity index is 1.52. The second-order valence-corrected chi connectivity index (χ2v) is 7.77. The average Bonchev–Trinajstić information content (AvgIpc) is 3.21. The highest BCUT2D eigenvalue weighted by atomic mass is 32.1. The molecular formula is C21H21FN4OS. The Hall–Kier alpha value is -2.77. The molecule has 2 heterocycles. The summed E-state index contributed by atoms with van der Waals surface area (Å²) in [6.45, 7) is 3.72. The van der Waals surface area contributed by atoms with Crippen LogP contribution in [0.3, 0.4) is 0 Å². The van der Waals surface area contributed by atoms with Crippen molar-refractivity contribution in [3.8, 4) is 11.1 Å². The normalized spacial score (nSPS) is 14.2. The molecule has 1 aliphatic heterocycles. The molecule has 0 amide bonds. The lowest BCUT2D eigenvalue weighted by Gasteiger charge is -2.27. The van der Waals surface area contributed by atoms with E-state index in [0.29, 0.717) is 10.7 Å². The molecule has 0 bridgehead atoms. The second-order valence-electron chi connectivity index (χ2n) is 6.76. The number of Topliss-reactive ketones (excluding diaryl/α,β-unsaturated/α-hetero) is 1. The van der Waals surface area contributed by atoms with E-state index in [1.807, 2.05) is 12.1 Å². The minimum atomic E-state index is -0.279. The van der Waals surface area contributed by atoms with Crippen LogP contribution in [0.4, 0.5) is 15.1 Å². The van der Waals surface area contributed by atoms with Gasteiger partial charge in [0.1, 0.15) is 10.8 Å². The third-order valence-electron chi connectivity index (χ3n) is 4.83. The summed E-state index contributed by atoms with van der Waals surface area (Å²) in [6.07, 6.45) is 1.97. The summed E-state index contributed by atoms with van der Waals surface area (Å²) in [7, 11) is 0. The number of nitrogens with one attached hydrogen (secondary N) is 1. The molecule has 28 heavy (non-hydrogen) atoms. The summed E-state index contributed by atoms with van der Waals surface area (Å²) >= 11 is 1.43. The maximum atomic E-state index is 13.2. The Labute approximate surface area is 167 Å². The first-order valence-corrected chi connectivity index (χ1v) is 10.0. The Bertz CT molecular complexity index is 980. The van der Waals surface area contributed by atoms with Gasteiger partial charge in [-0.2, -0.15) is 0 Å². The number of benzene rings is 2. The second kappa shape index (κ2) is 8.08. The molecule has 7 heteroatoms. The molecule has 0 atom stereocenters. The van der Waals surface area contributed by atoms with Crippen LogP contribution in [-0.4, -0.2) is 36.9 Å². The number of carbonyl (C=O) groups is 1. The van der Waals surface area contributed by atoms with Gasteiger partial charge in [-0.1, -0.05) is 29.5 Å². The van der Waals surface area contributed by atoms with Crippen molar-refractivity contribution in [1.82, 2.24) is 10.3 Å². The molecule has 1 aliphatic rings. The molecule has 0 aliphatic carbocycles. The quantitative estimate of drug-likeness (QED) is 0.511. The van der Waals surface area contributed by atoms with Gasteiger partial charge in [0, 0.05) is 38.3 Å². The highest BCUT2D eigenvalue weighted by molar-refractivity contribution is 7.17. The van der Waals surface area contributed by atoms with E-state index in [2.05, 4.69) is 15.2 Å². The van der Waals surface area contributed by atoms with Gasteiger partial charge >= 0.3 is 0 Å². The summed E-state index contributed by atoms with van der Waals surface area (Å²) in [6, 6.07) is 11.8. The lowest BCUT2D eigenvalue weighted by Crippen LogP contribution is -2.43. The maximum absolute atomic E-state index is 13.2. The van der Waals surface area contributed by atoms with Crippen LogP contribution >= 0.6 is 11.3 Å². The number of rotatable bonds is 5. The zero-order valence-corrected chi connectivity index (χ0v) is 16.1. The highest BCUT2D eigenvalue weighted by Gasteiger charge is 2.18. The van der Waals surface area contributed by atoms with E-state index in [-0.39, 0.29) is 18.0 Å². The summed E-state index contributed by atoms with van der Waals surface area (Å²) < 4.78 is 13.2. The lowest BCUT2D eigenvalue weighted by molar-refractivity contribution is 0.0993. The average molecular weight is 396 g/mol. The molecule has 4 rings (SSSR count). The van der Waals surface area contributed by atoms with Gasteiger partial charge < -0.3 is 16.0 Å². The fraction of sp³-hybridized carbons (Fsp3) is 0.238. The van der Waals surface area contributed by atoms with Gasteiger partial charge in [-0.3, -0.25) is 4.79 Å². The van der Waals surface area contributed by atoms with Gasteiger partial charge in [0.05, 0.1) is 6.20 Å². The van der Waals surface area contributed by atoms with Gasteiger partial charge in [0.2, 0.25) is 0 Å². The van der Waals surface area contributed by atoms with Gasteiger partial charge in [-0.05, 0) is 41.0 Å². The van der Waals surface area contributed by atoms with Crippen LogP contribution in [0, 0.1) is 5.82 Å². The number of aromatic nitrogens is 1. The predicted octanol–water partition coefficient (Wildman–Crippen LogP) is 3.37. The van der Waals surface area contributed by atoms with E-state index in [1.165, 1.54) is 23.5 Å². The summed E-state index contributed by atoms with van der Waals surface area (Å²) in [5.74, 6) is -0.326. The molecule has 3 N–H and O–H groups in total. The van der Waals surface area contributed by atoms with Crippen molar-refractivity contribution in [3.05, 3.63) is 65.0 Å². The highest BCUT2D eigenvalue weighted by Crippen LogP contribution is 2.28. The first kappa shape index (κ1) is 18.6. The fourth-order valence-corrected chi connectivity index (χ4v) is 4.16. The van der Waals surface area contributed by atoms with Gasteiger partial charge in [-0.25, -0.2) is 9.37 Å².